The van der Waals surface area contributed by atoms with Gasteiger partial charge in [-0.15, -0.1) is 0 Å². The lowest BCUT2D eigenvalue weighted by atomic mass is 9.96. The van der Waals surface area contributed by atoms with E-state index in [9.17, 15) is 91.6 Å². The smallest absolute Gasteiger partial charge is 0.335 e. The summed E-state index contributed by atoms with van der Waals surface area (Å²) in [6.45, 7) is -3.43. The molecule has 0 aromatic heterocycles. The molecular formula is C30H50O27. The molecular weight excluding hydrogens is 792 g/mol. The highest BCUT2D eigenvalue weighted by Gasteiger charge is 2.55. The van der Waals surface area contributed by atoms with Crippen LogP contribution < -0.4 is 0 Å². The molecule has 0 bridgehead atoms. The second-order valence-electron chi connectivity index (χ2n) is 14.1. The lowest BCUT2D eigenvalue weighted by Gasteiger charge is -2.47. The maximum Gasteiger partial charge on any atom is 0.335 e. The highest BCUT2D eigenvalue weighted by Crippen LogP contribution is 2.33. The molecule has 0 saturated carbocycles. The summed E-state index contributed by atoms with van der Waals surface area (Å²) in [5.41, 5.74) is 0. The normalized spacial score (nSPS) is 52.4. The number of rotatable bonds is 13. The van der Waals surface area contributed by atoms with Crippen molar-refractivity contribution in [3.05, 3.63) is 0 Å². The van der Waals surface area contributed by atoms with Crippen LogP contribution in [0.2, 0.25) is 0 Å². The summed E-state index contributed by atoms with van der Waals surface area (Å²) < 4.78 is 48.6. The first-order valence-corrected chi connectivity index (χ1v) is 17.6. The van der Waals surface area contributed by atoms with E-state index in [1.165, 1.54) is 0 Å². The van der Waals surface area contributed by atoms with Crippen molar-refractivity contribution < 1.29 is 134 Å². The van der Waals surface area contributed by atoms with Crippen LogP contribution >= 0.6 is 0 Å². The Morgan fingerprint density at radius 2 is 0.825 bits per heavy atom. The summed E-state index contributed by atoms with van der Waals surface area (Å²) in [5.74, 6) is -1.79. The Kier molecular flexibility index (Phi) is 15.9. The van der Waals surface area contributed by atoms with E-state index < -0.39 is 186 Å². The molecule has 17 N–H and O–H groups in total. The molecule has 5 heterocycles. The van der Waals surface area contributed by atoms with Crippen LogP contribution in [-0.2, 0) is 47.4 Å². The minimum Gasteiger partial charge on any atom is -0.479 e. The minimum absolute atomic E-state index is 0.838. The van der Waals surface area contributed by atoms with Gasteiger partial charge in [-0.25, -0.2) is 4.79 Å². The Morgan fingerprint density at radius 3 is 1.39 bits per heavy atom. The molecule has 5 saturated heterocycles. The Bertz CT molecular complexity index is 1280. The molecule has 0 radical (unpaired) electrons. The SMILES string of the molecule is O=C(O)[C@H]1O[C@@H](O[C@@H]2[C@H](O)[C@@H](O)[C@@H](OC[C@H]3O[C@@H](O[C@H]4[C@@H](O)[C@@H](CO)OC(O)[C@@H]4O)[C@H](O)[C@@H](O)[C@@H]3O)O[C@@H]2CO[C@@H]2O[C@H](CO)[C@@H](O)[C@H](O)[C@H]2O)[C@H](O)[C@@H](O)[C@@H]1O. The van der Waals surface area contributed by atoms with Gasteiger partial charge in [0.05, 0.1) is 26.4 Å². The molecule has 5 aliphatic rings. The summed E-state index contributed by atoms with van der Waals surface area (Å²) in [4.78, 5) is 11.6. The molecule has 27 heteroatoms. The molecule has 5 aliphatic heterocycles. The maximum absolute atomic E-state index is 11.6. The standard InChI is InChI=1S/C30H50O27/c31-1-5-9(33)12(36)17(41)27(52-5)50-4-8-22(55-30-19(43)14(38)15(39)24(57-30)25(46)47)16(40)20(44)28(54-8)49-3-7-10(34)13(37)18(42)29(53-7)56-23-11(35)6(2-32)51-26(48)21(23)45/h5-24,26-45,48H,1-4H2,(H,46,47)/t5-,6-,7-,8-,9-,10-,11+,12+,13+,14+,15+,16-,17-,18-,19-,20-,21-,22+,23+,24+,26?,27-,28+,29+,30-/m1/s1. The van der Waals surface area contributed by atoms with Crippen molar-refractivity contribution in [2.45, 2.75) is 154 Å². The highest BCUT2D eigenvalue weighted by atomic mass is 16.8. The number of carboxylic acids is 1. The van der Waals surface area contributed by atoms with Crippen molar-refractivity contribution in [2.24, 2.45) is 0 Å². The van der Waals surface area contributed by atoms with Crippen LogP contribution in [0.25, 0.3) is 0 Å². The number of carbonyl (C=O) groups is 1. The number of hydrogen-bond acceptors (Lipinski definition) is 26. The third kappa shape index (κ3) is 9.68. The van der Waals surface area contributed by atoms with E-state index in [2.05, 4.69) is 0 Å². The fourth-order valence-electron chi connectivity index (χ4n) is 6.80. The van der Waals surface area contributed by atoms with Crippen molar-refractivity contribution in [3.63, 3.8) is 0 Å². The number of aliphatic carboxylic acids is 1. The van der Waals surface area contributed by atoms with Gasteiger partial charge in [0.2, 0.25) is 0 Å². The van der Waals surface area contributed by atoms with Crippen molar-refractivity contribution >= 4 is 5.97 Å². The summed E-state index contributed by atoms with van der Waals surface area (Å²) >= 11 is 0. The zero-order valence-electron chi connectivity index (χ0n) is 29.4. The highest BCUT2D eigenvalue weighted by molar-refractivity contribution is 5.73. The molecule has 0 spiro atoms. The molecule has 57 heavy (non-hydrogen) atoms. The third-order valence-corrected chi connectivity index (χ3v) is 10.2. The minimum atomic E-state index is -2.17. The first kappa shape index (κ1) is 46.5. The van der Waals surface area contributed by atoms with Crippen molar-refractivity contribution in [3.8, 4) is 0 Å². The third-order valence-electron chi connectivity index (χ3n) is 10.2. The van der Waals surface area contributed by atoms with Gasteiger partial charge in [-0.05, 0) is 0 Å². The van der Waals surface area contributed by atoms with Gasteiger partial charge in [0.1, 0.15) is 116 Å². The molecule has 0 aliphatic carbocycles. The van der Waals surface area contributed by atoms with Gasteiger partial charge in [-0.1, -0.05) is 0 Å². The van der Waals surface area contributed by atoms with Gasteiger partial charge in [0.25, 0.3) is 0 Å². The lowest BCUT2D eigenvalue weighted by Crippen LogP contribution is -2.66. The van der Waals surface area contributed by atoms with Crippen LogP contribution in [0.15, 0.2) is 0 Å². The van der Waals surface area contributed by atoms with E-state index in [1.807, 2.05) is 0 Å². The van der Waals surface area contributed by atoms with Crippen LogP contribution in [0, 0.1) is 0 Å². The summed E-state index contributed by atoms with van der Waals surface area (Å²) in [6, 6.07) is 0. The first-order chi connectivity index (χ1) is 26.8. The predicted octanol–water partition coefficient (Wildman–Crippen LogP) is -11.8. The van der Waals surface area contributed by atoms with Crippen molar-refractivity contribution in [1.82, 2.24) is 0 Å². The van der Waals surface area contributed by atoms with E-state index in [-0.39, 0.29) is 0 Å². The number of carboxylic acid groups (broad SMARTS) is 1. The molecule has 25 atom stereocenters. The molecule has 27 nitrogen and oxygen atoms in total. The maximum atomic E-state index is 11.6. The molecule has 0 amide bonds. The van der Waals surface area contributed by atoms with Gasteiger partial charge in [0, 0.05) is 0 Å². The number of aliphatic hydroxyl groups is 16. The van der Waals surface area contributed by atoms with Crippen LogP contribution in [0.3, 0.4) is 0 Å². The summed E-state index contributed by atoms with van der Waals surface area (Å²) in [6.07, 6.45) is -48.4. The number of aliphatic hydroxyl groups excluding tert-OH is 16. The quantitative estimate of drug-likeness (QED) is 0.0818. The largest absolute Gasteiger partial charge is 0.479 e. The Balaban J connectivity index is 1.32. The van der Waals surface area contributed by atoms with E-state index in [0.717, 1.165) is 0 Å². The van der Waals surface area contributed by atoms with Gasteiger partial charge in [-0.2, -0.15) is 0 Å². The van der Waals surface area contributed by atoms with Crippen molar-refractivity contribution in [1.29, 1.82) is 0 Å². The predicted molar refractivity (Wildman–Crippen MR) is 167 cm³/mol. The monoisotopic (exact) mass is 842 g/mol. The topological polar surface area (TPSA) is 444 Å². The van der Waals surface area contributed by atoms with Crippen LogP contribution in [-0.4, -0.2) is 273 Å². The van der Waals surface area contributed by atoms with Gasteiger partial charge < -0.3 is 129 Å². The molecule has 0 aromatic carbocycles. The zero-order chi connectivity index (χ0) is 42.2. The molecule has 0 aromatic rings. The van der Waals surface area contributed by atoms with Gasteiger partial charge in [-0.3, -0.25) is 0 Å². The van der Waals surface area contributed by atoms with Gasteiger partial charge in [0.15, 0.2) is 37.6 Å². The fourth-order valence-corrected chi connectivity index (χ4v) is 6.80. The van der Waals surface area contributed by atoms with E-state index in [0.29, 0.717) is 0 Å². The summed E-state index contributed by atoms with van der Waals surface area (Å²) in [7, 11) is 0. The van der Waals surface area contributed by atoms with Crippen molar-refractivity contribution in [2.75, 3.05) is 26.4 Å². The van der Waals surface area contributed by atoms with E-state index in [4.69, 9.17) is 42.6 Å². The molecule has 5 rings (SSSR count). The molecule has 5 fully saturated rings. The zero-order valence-corrected chi connectivity index (χ0v) is 29.4. The fraction of sp³-hybridized carbons (Fsp3) is 0.967. The van der Waals surface area contributed by atoms with Crippen LogP contribution in [0.5, 0.6) is 0 Å². The van der Waals surface area contributed by atoms with Crippen LogP contribution in [0.4, 0.5) is 0 Å². The molecule has 1 unspecified atom stereocenters. The summed E-state index contributed by atoms with van der Waals surface area (Å²) in [5, 5.41) is 175. The average Bonchev–Trinajstić information content (AvgIpc) is 3.18. The lowest BCUT2D eigenvalue weighted by molar-refractivity contribution is -0.374. The van der Waals surface area contributed by atoms with E-state index >= 15 is 0 Å². The Labute approximate surface area is 320 Å². The number of ether oxygens (including phenoxy) is 9. The second-order valence-corrected chi connectivity index (χ2v) is 14.1. The van der Waals surface area contributed by atoms with Crippen LogP contribution in [0.1, 0.15) is 0 Å². The Morgan fingerprint density at radius 1 is 0.404 bits per heavy atom. The second kappa shape index (κ2) is 19.5. The number of hydrogen-bond donors (Lipinski definition) is 17. The van der Waals surface area contributed by atoms with E-state index in [1.54, 1.807) is 0 Å². The first-order valence-electron chi connectivity index (χ1n) is 17.6. The van der Waals surface area contributed by atoms with Gasteiger partial charge >= 0.3 is 5.97 Å². The Hall–Kier alpha value is -1.53. The molecule has 332 valence electrons. The average molecular weight is 843 g/mol.